The van der Waals surface area contributed by atoms with Crippen LogP contribution in [0, 0.1) is 0 Å². The summed E-state index contributed by atoms with van der Waals surface area (Å²) in [6.07, 6.45) is 2.00. The van der Waals surface area contributed by atoms with Crippen LogP contribution in [0.15, 0.2) is 0 Å². The molecule has 0 bridgehead atoms. The third-order valence-electron chi connectivity index (χ3n) is 2.13. The summed E-state index contributed by atoms with van der Waals surface area (Å²) in [7, 11) is 0. The smallest absolute Gasteiger partial charge is 0.323 e. The number of rotatable bonds is 4. The topological polar surface area (TPSA) is 58.6 Å². The lowest BCUT2D eigenvalue weighted by atomic mass is 10.2. The first-order valence-corrected chi connectivity index (χ1v) is 4.82. The molecule has 0 saturated carbocycles. The van der Waals surface area contributed by atoms with Crippen LogP contribution in [0.25, 0.3) is 0 Å². The lowest BCUT2D eigenvalue weighted by Crippen LogP contribution is -2.32. The summed E-state index contributed by atoms with van der Waals surface area (Å²) in [5.74, 6) is -0.231. The Labute approximate surface area is 78.3 Å². The number of nitrogens with one attached hydrogen (secondary N) is 1. The first-order chi connectivity index (χ1) is 6.24. The summed E-state index contributed by atoms with van der Waals surface area (Å²) in [6, 6.07) is -0.299. The van der Waals surface area contributed by atoms with Crippen LogP contribution in [0.2, 0.25) is 0 Å². The number of aliphatic hydroxyl groups is 1. The maximum Gasteiger partial charge on any atom is 0.323 e. The number of carbonyl (C=O) groups excluding carboxylic acids is 1. The van der Waals surface area contributed by atoms with Gasteiger partial charge in [0.05, 0.1) is 12.7 Å². The molecule has 0 radical (unpaired) electrons. The SMILES string of the molecule is CCCCOC(=O)C1CC(O)CN1. The lowest BCUT2D eigenvalue weighted by Gasteiger charge is -2.09. The fourth-order valence-electron chi connectivity index (χ4n) is 1.31. The molecule has 0 aliphatic carbocycles. The second kappa shape index (κ2) is 5.19. The van der Waals surface area contributed by atoms with Crippen LogP contribution < -0.4 is 5.32 Å². The number of β-amino-alcohol motifs (C(OH)–C–C–N with tert-alkyl or cyclic N) is 1. The van der Waals surface area contributed by atoms with E-state index >= 15 is 0 Å². The second-order valence-corrected chi connectivity index (χ2v) is 3.37. The molecule has 0 spiro atoms. The Morgan fingerprint density at radius 1 is 1.69 bits per heavy atom. The molecule has 0 aromatic carbocycles. The van der Waals surface area contributed by atoms with Gasteiger partial charge in [-0.2, -0.15) is 0 Å². The predicted molar refractivity (Wildman–Crippen MR) is 48.3 cm³/mol. The van der Waals surface area contributed by atoms with E-state index in [0.29, 0.717) is 19.6 Å². The molecule has 0 aromatic rings. The van der Waals surface area contributed by atoms with Crippen molar-refractivity contribution in [2.24, 2.45) is 0 Å². The van der Waals surface area contributed by atoms with Gasteiger partial charge in [-0.05, 0) is 6.42 Å². The Hall–Kier alpha value is -0.610. The molecule has 4 nitrogen and oxygen atoms in total. The minimum atomic E-state index is -0.399. The zero-order valence-corrected chi connectivity index (χ0v) is 7.95. The minimum absolute atomic E-state index is 0.231. The molecule has 0 aromatic heterocycles. The molecule has 2 atom stereocenters. The van der Waals surface area contributed by atoms with Gasteiger partial charge in [0.2, 0.25) is 0 Å². The van der Waals surface area contributed by atoms with Crippen molar-refractivity contribution in [1.82, 2.24) is 5.32 Å². The van der Waals surface area contributed by atoms with E-state index in [1.54, 1.807) is 0 Å². The Morgan fingerprint density at radius 3 is 3.00 bits per heavy atom. The largest absolute Gasteiger partial charge is 0.465 e. The highest BCUT2D eigenvalue weighted by Crippen LogP contribution is 2.07. The van der Waals surface area contributed by atoms with E-state index in [0.717, 1.165) is 12.8 Å². The van der Waals surface area contributed by atoms with Crippen molar-refractivity contribution in [3.63, 3.8) is 0 Å². The van der Waals surface area contributed by atoms with Gasteiger partial charge in [0.15, 0.2) is 0 Å². The average molecular weight is 187 g/mol. The number of hydrogen-bond acceptors (Lipinski definition) is 4. The van der Waals surface area contributed by atoms with Crippen molar-refractivity contribution >= 4 is 5.97 Å². The van der Waals surface area contributed by atoms with Crippen molar-refractivity contribution < 1.29 is 14.6 Å². The van der Waals surface area contributed by atoms with E-state index in [4.69, 9.17) is 9.84 Å². The Bertz CT molecular complexity index is 172. The molecule has 1 aliphatic heterocycles. The summed E-state index contributed by atoms with van der Waals surface area (Å²) in [4.78, 5) is 11.3. The molecule has 4 heteroatoms. The van der Waals surface area contributed by atoms with Crippen molar-refractivity contribution in [1.29, 1.82) is 0 Å². The third kappa shape index (κ3) is 3.32. The number of aliphatic hydroxyl groups excluding tert-OH is 1. The Kier molecular flexibility index (Phi) is 4.18. The third-order valence-corrected chi connectivity index (χ3v) is 2.13. The second-order valence-electron chi connectivity index (χ2n) is 3.37. The molecular formula is C9H17NO3. The number of esters is 1. The van der Waals surface area contributed by atoms with Crippen LogP contribution in [0.3, 0.4) is 0 Å². The number of hydrogen-bond donors (Lipinski definition) is 2. The maximum absolute atomic E-state index is 11.3. The van der Waals surface area contributed by atoms with Gasteiger partial charge >= 0.3 is 5.97 Å². The van der Waals surface area contributed by atoms with Crippen molar-refractivity contribution in [2.75, 3.05) is 13.2 Å². The van der Waals surface area contributed by atoms with E-state index in [2.05, 4.69) is 5.32 Å². The zero-order chi connectivity index (χ0) is 9.68. The fraction of sp³-hybridized carbons (Fsp3) is 0.889. The van der Waals surface area contributed by atoms with Crippen molar-refractivity contribution in [2.45, 2.75) is 38.3 Å². The van der Waals surface area contributed by atoms with Gasteiger partial charge in [0, 0.05) is 13.0 Å². The fourth-order valence-corrected chi connectivity index (χ4v) is 1.31. The van der Waals surface area contributed by atoms with Crippen LogP contribution in [-0.4, -0.2) is 36.4 Å². The summed E-state index contributed by atoms with van der Waals surface area (Å²) < 4.78 is 5.00. The van der Waals surface area contributed by atoms with Crippen LogP contribution in [0.4, 0.5) is 0 Å². The summed E-state index contributed by atoms with van der Waals surface area (Å²) in [5, 5.41) is 12.1. The van der Waals surface area contributed by atoms with Gasteiger partial charge in [-0.15, -0.1) is 0 Å². The van der Waals surface area contributed by atoms with E-state index < -0.39 is 6.10 Å². The van der Waals surface area contributed by atoms with Crippen molar-refractivity contribution in [3.05, 3.63) is 0 Å². The highest BCUT2D eigenvalue weighted by molar-refractivity contribution is 5.76. The normalized spacial score (nSPS) is 27.5. The summed E-state index contributed by atoms with van der Waals surface area (Å²) >= 11 is 0. The van der Waals surface area contributed by atoms with Gasteiger partial charge in [-0.25, -0.2) is 0 Å². The van der Waals surface area contributed by atoms with Crippen LogP contribution in [0.5, 0.6) is 0 Å². The number of carbonyl (C=O) groups is 1. The lowest BCUT2D eigenvalue weighted by molar-refractivity contribution is -0.146. The van der Waals surface area contributed by atoms with Gasteiger partial charge < -0.3 is 15.2 Å². The Balaban J connectivity index is 2.16. The standard InChI is InChI=1S/C9H17NO3/c1-2-3-4-13-9(12)8-5-7(11)6-10-8/h7-8,10-11H,2-6H2,1H3. The molecule has 1 saturated heterocycles. The molecule has 2 unspecified atom stereocenters. The van der Waals surface area contributed by atoms with E-state index in [1.165, 1.54) is 0 Å². The van der Waals surface area contributed by atoms with Gasteiger partial charge in [0.25, 0.3) is 0 Å². The highest BCUT2D eigenvalue weighted by Gasteiger charge is 2.28. The molecule has 13 heavy (non-hydrogen) atoms. The molecule has 1 heterocycles. The van der Waals surface area contributed by atoms with E-state index in [1.807, 2.05) is 6.92 Å². The molecule has 76 valence electrons. The first-order valence-electron chi connectivity index (χ1n) is 4.82. The van der Waals surface area contributed by atoms with Gasteiger partial charge in [-0.3, -0.25) is 4.79 Å². The monoisotopic (exact) mass is 187 g/mol. The minimum Gasteiger partial charge on any atom is -0.465 e. The molecule has 0 amide bonds. The van der Waals surface area contributed by atoms with Gasteiger partial charge in [0.1, 0.15) is 6.04 Å². The maximum atomic E-state index is 11.3. The van der Waals surface area contributed by atoms with E-state index in [-0.39, 0.29) is 12.0 Å². The molecule has 1 fully saturated rings. The molecule has 1 rings (SSSR count). The predicted octanol–water partition coefficient (Wildman–Crippen LogP) is 0.0525. The highest BCUT2D eigenvalue weighted by atomic mass is 16.5. The number of unbranched alkanes of at least 4 members (excludes halogenated alkanes) is 1. The van der Waals surface area contributed by atoms with Crippen molar-refractivity contribution in [3.8, 4) is 0 Å². The van der Waals surface area contributed by atoms with Crippen LogP contribution in [0.1, 0.15) is 26.2 Å². The van der Waals surface area contributed by atoms with Crippen LogP contribution >= 0.6 is 0 Å². The van der Waals surface area contributed by atoms with Crippen LogP contribution in [-0.2, 0) is 9.53 Å². The first kappa shape index (κ1) is 10.5. The zero-order valence-electron chi connectivity index (χ0n) is 7.95. The average Bonchev–Trinajstić information content (AvgIpc) is 2.52. The number of ether oxygens (including phenoxy) is 1. The summed E-state index contributed by atoms with van der Waals surface area (Å²) in [5.41, 5.74) is 0. The molecule has 1 aliphatic rings. The molecule has 2 N–H and O–H groups in total. The molecular weight excluding hydrogens is 170 g/mol. The van der Waals surface area contributed by atoms with Gasteiger partial charge in [-0.1, -0.05) is 13.3 Å². The van der Waals surface area contributed by atoms with E-state index in [9.17, 15) is 4.79 Å². The summed E-state index contributed by atoms with van der Waals surface area (Å²) in [6.45, 7) is 3.03. The quantitative estimate of drug-likeness (QED) is 0.482. The Morgan fingerprint density at radius 2 is 2.46 bits per heavy atom.